The number of nitrogens with zero attached hydrogens (tertiary/aromatic N) is 1. The molecular weight excluding hydrogens is 202 g/mol. The molecule has 16 heavy (non-hydrogen) atoms. The Kier molecular flexibility index (Phi) is 4.35. The predicted molar refractivity (Wildman–Crippen MR) is 64.4 cm³/mol. The number of fused-ring (bicyclic) bond motifs is 1. The Balaban J connectivity index is 0.000000280. The lowest BCUT2D eigenvalue weighted by molar-refractivity contribution is 0.150. The van der Waals surface area contributed by atoms with E-state index in [0.29, 0.717) is 12.3 Å². The van der Waals surface area contributed by atoms with Crippen molar-refractivity contribution < 1.29 is 9.53 Å². The van der Waals surface area contributed by atoms with Gasteiger partial charge in [-0.3, -0.25) is 0 Å². The highest BCUT2D eigenvalue weighted by Crippen LogP contribution is 2.23. The fraction of sp³-hybridized carbons (Fsp3) is 0.462. The van der Waals surface area contributed by atoms with E-state index in [1.807, 2.05) is 18.2 Å². The van der Waals surface area contributed by atoms with Crippen LogP contribution < -0.4 is 4.74 Å². The lowest BCUT2D eigenvalue weighted by Gasteiger charge is -2.23. The molecule has 0 N–H and O–H groups in total. The van der Waals surface area contributed by atoms with E-state index in [1.165, 1.54) is 0 Å². The van der Waals surface area contributed by atoms with Gasteiger partial charge in [-0.2, -0.15) is 0 Å². The van der Waals surface area contributed by atoms with Gasteiger partial charge in [0.05, 0.1) is 6.54 Å². The normalized spacial score (nSPS) is 13.8. The number of amides is 1. The van der Waals surface area contributed by atoms with E-state index in [4.69, 9.17) is 4.74 Å². The lowest BCUT2D eigenvalue weighted by atomic mass is 10.2. The summed E-state index contributed by atoms with van der Waals surface area (Å²) in [5.41, 5.74) is 1.06. The van der Waals surface area contributed by atoms with Gasteiger partial charge >= 0.3 is 6.09 Å². The van der Waals surface area contributed by atoms with Crippen molar-refractivity contribution in [2.45, 2.75) is 27.3 Å². The van der Waals surface area contributed by atoms with Crippen LogP contribution in [0.25, 0.3) is 0 Å². The Morgan fingerprint density at radius 2 is 1.81 bits per heavy atom. The van der Waals surface area contributed by atoms with E-state index in [2.05, 4.69) is 20.8 Å². The summed E-state index contributed by atoms with van der Waals surface area (Å²) in [4.78, 5) is 12.6. The summed E-state index contributed by atoms with van der Waals surface area (Å²) in [5.74, 6) is 1.51. The zero-order valence-corrected chi connectivity index (χ0v) is 10.4. The maximum atomic E-state index is 11.1. The van der Waals surface area contributed by atoms with Crippen LogP contribution in [0.3, 0.4) is 0 Å². The van der Waals surface area contributed by atoms with Gasteiger partial charge in [-0.1, -0.05) is 39.0 Å². The van der Waals surface area contributed by atoms with E-state index in [-0.39, 0.29) is 6.09 Å². The highest BCUT2D eigenvalue weighted by Gasteiger charge is 2.20. The van der Waals surface area contributed by atoms with E-state index in [1.54, 1.807) is 18.0 Å². The van der Waals surface area contributed by atoms with Crippen molar-refractivity contribution in [3.63, 3.8) is 0 Å². The van der Waals surface area contributed by atoms with Gasteiger partial charge in [-0.05, 0) is 12.0 Å². The lowest BCUT2D eigenvalue weighted by Crippen LogP contribution is -2.33. The second-order valence-electron chi connectivity index (χ2n) is 4.56. The number of ether oxygens (including phenoxy) is 1. The van der Waals surface area contributed by atoms with Crippen molar-refractivity contribution in [3.8, 4) is 5.75 Å². The van der Waals surface area contributed by atoms with Crippen LogP contribution in [0, 0.1) is 5.92 Å². The average molecular weight is 221 g/mol. The number of hydrogen-bond acceptors (Lipinski definition) is 2. The number of carbonyl (C=O) groups excluding carboxylic acids is 1. The van der Waals surface area contributed by atoms with Gasteiger partial charge in [0.25, 0.3) is 0 Å². The second kappa shape index (κ2) is 5.54. The molecule has 3 heteroatoms. The third-order valence-electron chi connectivity index (χ3n) is 1.89. The van der Waals surface area contributed by atoms with Gasteiger partial charge in [-0.15, -0.1) is 0 Å². The topological polar surface area (TPSA) is 29.5 Å². The molecular formula is C13H19NO2. The van der Waals surface area contributed by atoms with Crippen LogP contribution in [0.15, 0.2) is 24.3 Å². The zero-order chi connectivity index (χ0) is 12.1. The summed E-state index contributed by atoms with van der Waals surface area (Å²) in [7, 11) is 1.72. The quantitative estimate of drug-likeness (QED) is 0.672. The maximum absolute atomic E-state index is 11.1. The van der Waals surface area contributed by atoms with Crippen molar-refractivity contribution >= 4 is 6.09 Å². The van der Waals surface area contributed by atoms with Crippen molar-refractivity contribution in [1.29, 1.82) is 0 Å². The van der Waals surface area contributed by atoms with Gasteiger partial charge in [0.15, 0.2) is 0 Å². The Bertz CT molecular complexity index is 358. The molecule has 88 valence electrons. The Morgan fingerprint density at radius 1 is 1.25 bits per heavy atom. The molecule has 0 aromatic heterocycles. The van der Waals surface area contributed by atoms with Crippen LogP contribution in [0.1, 0.15) is 26.3 Å². The summed E-state index contributed by atoms with van der Waals surface area (Å²) in [6, 6.07) is 7.56. The van der Waals surface area contributed by atoms with Crippen LogP contribution in [0.4, 0.5) is 4.79 Å². The van der Waals surface area contributed by atoms with E-state index in [9.17, 15) is 4.79 Å². The monoisotopic (exact) mass is 221 g/mol. The van der Waals surface area contributed by atoms with Crippen molar-refractivity contribution in [3.05, 3.63) is 29.8 Å². The van der Waals surface area contributed by atoms with Gasteiger partial charge in [0.1, 0.15) is 5.75 Å². The molecule has 0 bridgehead atoms. The number of carbonyl (C=O) groups is 1. The zero-order valence-electron chi connectivity index (χ0n) is 10.4. The fourth-order valence-electron chi connectivity index (χ4n) is 1.23. The molecule has 1 aromatic carbocycles. The Hall–Kier alpha value is -1.51. The van der Waals surface area contributed by atoms with Gasteiger partial charge < -0.3 is 9.64 Å². The summed E-state index contributed by atoms with van der Waals surface area (Å²) in [6.45, 7) is 7.13. The fourth-order valence-corrected chi connectivity index (χ4v) is 1.23. The first-order valence-electron chi connectivity index (χ1n) is 5.51. The number of hydrogen-bond donors (Lipinski definition) is 0. The first kappa shape index (κ1) is 12.6. The molecule has 0 atom stereocenters. The third kappa shape index (κ3) is 3.57. The summed E-state index contributed by atoms with van der Waals surface area (Å²) < 4.78 is 5.03. The summed E-state index contributed by atoms with van der Waals surface area (Å²) in [6.07, 6.45) is -0.284. The van der Waals surface area contributed by atoms with Crippen LogP contribution in [0.5, 0.6) is 5.75 Å². The van der Waals surface area contributed by atoms with Gasteiger partial charge in [-0.25, -0.2) is 4.79 Å². The standard InChI is InChI=1S/C9H9NO2.C4H10/c1-10-6-7-4-2-3-5-8(7)12-9(10)11;1-4(2)3/h2-5H,6H2,1H3;4H,1-3H3. The van der Waals surface area contributed by atoms with Crippen LogP contribution in [-0.2, 0) is 6.54 Å². The smallest absolute Gasteiger partial charge is 0.410 e. The summed E-state index contributed by atoms with van der Waals surface area (Å²) >= 11 is 0. The molecule has 0 radical (unpaired) electrons. The van der Waals surface area contributed by atoms with Crippen molar-refractivity contribution in [2.24, 2.45) is 5.92 Å². The Morgan fingerprint density at radius 3 is 2.44 bits per heavy atom. The van der Waals surface area contributed by atoms with Crippen LogP contribution in [-0.4, -0.2) is 18.0 Å². The molecule has 3 nitrogen and oxygen atoms in total. The first-order valence-corrected chi connectivity index (χ1v) is 5.51. The predicted octanol–water partition coefficient (Wildman–Crippen LogP) is 3.29. The van der Waals surface area contributed by atoms with E-state index < -0.39 is 0 Å². The molecule has 0 spiro atoms. The maximum Gasteiger partial charge on any atom is 0.415 e. The van der Waals surface area contributed by atoms with Gasteiger partial charge in [0.2, 0.25) is 0 Å². The third-order valence-corrected chi connectivity index (χ3v) is 1.89. The number of rotatable bonds is 0. The van der Waals surface area contributed by atoms with Crippen LogP contribution in [0.2, 0.25) is 0 Å². The molecule has 1 aliphatic heterocycles. The molecule has 1 amide bonds. The number of para-hydroxylation sites is 1. The molecule has 1 aromatic rings. The highest BCUT2D eigenvalue weighted by molar-refractivity contribution is 5.72. The largest absolute Gasteiger partial charge is 0.415 e. The van der Waals surface area contributed by atoms with Crippen molar-refractivity contribution in [2.75, 3.05) is 7.05 Å². The highest BCUT2D eigenvalue weighted by atomic mass is 16.6. The number of benzene rings is 1. The van der Waals surface area contributed by atoms with E-state index in [0.717, 1.165) is 11.5 Å². The average Bonchev–Trinajstić information content (AvgIpc) is 2.19. The SMILES string of the molecule is CC(C)C.CN1Cc2ccccc2OC1=O. The molecule has 1 heterocycles. The first-order chi connectivity index (χ1) is 7.50. The van der Waals surface area contributed by atoms with Gasteiger partial charge in [0, 0.05) is 12.6 Å². The molecule has 0 unspecified atom stereocenters. The van der Waals surface area contributed by atoms with Crippen LogP contribution >= 0.6 is 0 Å². The minimum Gasteiger partial charge on any atom is -0.410 e. The summed E-state index contributed by atoms with van der Waals surface area (Å²) in [5, 5.41) is 0. The molecule has 0 saturated carbocycles. The Labute approximate surface area is 97.0 Å². The molecule has 0 fully saturated rings. The molecule has 1 aliphatic rings. The van der Waals surface area contributed by atoms with E-state index >= 15 is 0 Å². The van der Waals surface area contributed by atoms with Crippen molar-refractivity contribution in [1.82, 2.24) is 4.90 Å². The second-order valence-corrected chi connectivity index (χ2v) is 4.56. The minimum absolute atomic E-state index is 0.284. The molecule has 0 aliphatic carbocycles. The molecule has 0 saturated heterocycles. The minimum atomic E-state index is -0.284. The molecule has 2 rings (SSSR count).